The van der Waals surface area contributed by atoms with Crippen molar-refractivity contribution in [2.45, 2.75) is 70.2 Å². The molecule has 27 heavy (non-hydrogen) atoms. The Hall–Kier alpha value is -1.72. The van der Waals surface area contributed by atoms with E-state index in [1.54, 1.807) is 0 Å². The molecule has 146 valence electrons. The molecule has 1 aliphatic carbocycles. The fourth-order valence-corrected chi connectivity index (χ4v) is 4.45. The lowest BCUT2D eigenvalue weighted by Crippen LogP contribution is -2.67. The molecule has 5 heteroatoms. The van der Waals surface area contributed by atoms with Crippen molar-refractivity contribution in [2.24, 2.45) is 0 Å². The maximum Gasteiger partial charge on any atom is 0.226 e. The van der Waals surface area contributed by atoms with Gasteiger partial charge in [-0.2, -0.15) is 0 Å². The van der Waals surface area contributed by atoms with E-state index in [4.69, 9.17) is 9.47 Å². The number of carbonyl (C=O) groups excluding carboxylic acids is 1. The second-order valence-electron chi connectivity index (χ2n) is 8.36. The summed E-state index contributed by atoms with van der Waals surface area (Å²) in [5.41, 5.74) is 3.40. The normalized spacial score (nSPS) is 24.4. The molecule has 1 spiro atoms. The van der Waals surface area contributed by atoms with E-state index in [-0.39, 0.29) is 17.6 Å². The molecule has 3 heterocycles. The van der Waals surface area contributed by atoms with Crippen molar-refractivity contribution in [1.29, 1.82) is 0 Å². The number of likely N-dealkylation sites (tertiary alicyclic amines) is 1. The van der Waals surface area contributed by atoms with Gasteiger partial charge in [0.2, 0.25) is 5.91 Å². The number of hydrogen-bond acceptors (Lipinski definition) is 4. The predicted octanol–water partition coefficient (Wildman–Crippen LogP) is 3.56. The summed E-state index contributed by atoms with van der Waals surface area (Å²) in [4.78, 5) is 18.7. The number of carbonyl (C=O) groups is 1. The van der Waals surface area contributed by atoms with Crippen LogP contribution in [-0.4, -0.2) is 47.2 Å². The molecular weight excluding hydrogens is 340 g/mol. The third kappa shape index (κ3) is 4.58. The second-order valence-corrected chi connectivity index (χ2v) is 8.36. The Balaban J connectivity index is 1.25. The van der Waals surface area contributed by atoms with E-state index in [2.05, 4.69) is 17.1 Å². The average Bonchev–Trinajstić information content (AvgIpc) is 2.65. The van der Waals surface area contributed by atoms with Gasteiger partial charge in [0.15, 0.2) is 0 Å². The first-order valence-corrected chi connectivity index (χ1v) is 10.2. The van der Waals surface area contributed by atoms with Crippen LogP contribution in [0, 0.1) is 6.92 Å². The van der Waals surface area contributed by atoms with Gasteiger partial charge in [-0.05, 0) is 50.2 Å². The van der Waals surface area contributed by atoms with Crippen LogP contribution in [0.25, 0.3) is 0 Å². The number of rotatable bonds is 5. The Morgan fingerprint density at radius 2 is 2.26 bits per heavy atom. The summed E-state index contributed by atoms with van der Waals surface area (Å²) in [6.07, 6.45) is 13.3. The number of allylic oxidation sites excluding steroid dienone is 1. The summed E-state index contributed by atoms with van der Waals surface area (Å²) in [5.74, 6) is 0.256. The highest BCUT2D eigenvalue weighted by Crippen LogP contribution is 2.36. The molecule has 0 radical (unpaired) electrons. The molecule has 4 rings (SSSR count). The van der Waals surface area contributed by atoms with Crippen molar-refractivity contribution in [1.82, 2.24) is 9.88 Å². The molecular formula is C22H30N2O3. The standard InChI is InChI=1S/C22H30N2O3/c1-17-9-19(13-23-12-17)14-26-20-7-8-27-22(11-20)15-24(16-22)21(25)10-18-5-3-2-4-6-18/h5,9,12-13,20H,2-4,6-8,10-11,14-16H2,1H3/t20-/m1/s1. The lowest BCUT2D eigenvalue weighted by Gasteiger charge is -2.53. The van der Waals surface area contributed by atoms with Gasteiger partial charge in [-0.3, -0.25) is 9.78 Å². The Labute approximate surface area is 161 Å². The lowest BCUT2D eigenvalue weighted by atomic mass is 9.84. The quantitative estimate of drug-likeness (QED) is 0.744. The number of ether oxygens (including phenoxy) is 2. The molecule has 0 N–H and O–H groups in total. The minimum atomic E-state index is -0.190. The maximum absolute atomic E-state index is 12.5. The molecule has 0 bridgehead atoms. The molecule has 2 aliphatic heterocycles. The van der Waals surface area contributed by atoms with Crippen LogP contribution in [0.15, 0.2) is 30.1 Å². The summed E-state index contributed by atoms with van der Waals surface area (Å²) in [6, 6.07) is 2.12. The second kappa shape index (κ2) is 8.11. The molecule has 2 saturated heterocycles. The van der Waals surface area contributed by atoms with Crippen LogP contribution in [0.2, 0.25) is 0 Å². The van der Waals surface area contributed by atoms with Crippen LogP contribution in [0.4, 0.5) is 0 Å². The fraction of sp³-hybridized carbons (Fsp3) is 0.636. The average molecular weight is 370 g/mol. The first kappa shape index (κ1) is 18.6. The van der Waals surface area contributed by atoms with Crippen molar-refractivity contribution in [3.63, 3.8) is 0 Å². The minimum Gasteiger partial charge on any atom is -0.373 e. The zero-order chi connectivity index (χ0) is 18.7. The molecule has 0 saturated carbocycles. The fourth-order valence-electron chi connectivity index (χ4n) is 4.45. The molecule has 2 fully saturated rings. The molecule has 0 aromatic carbocycles. The van der Waals surface area contributed by atoms with Gasteiger partial charge in [-0.15, -0.1) is 0 Å². The highest BCUT2D eigenvalue weighted by Gasteiger charge is 2.49. The van der Waals surface area contributed by atoms with Gasteiger partial charge in [0.1, 0.15) is 5.60 Å². The van der Waals surface area contributed by atoms with Crippen molar-refractivity contribution in [3.05, 3.63) is 41.2 Å². The third-order valence-electron chi connectivity index (χ3n) is 5.94. The van der Waals surface area contributed by atoms with Crippen molar-refractivity contribution >= 4 is 5.91 Å². The molecule has 3 aliphatic rings. The Bertz CT molecular complexity index is 709. The number of aryl methyl sites for hydroxylation is 1. The van der Waals surface area contributed by atoms with Crippen LogP contribution < -0.4 is 0 Å². The van der Waals surface area contributed by atoms with Gasteiger partial charge in [0.05, 0.1) is 25.8 Å². The van der Waals surface area contributed by atoms with E-state index in [0.29, 0.717) is 32.7 Å². The van der Waals surface area contributed by atoms with Crippen LogP contribution in [-0.2, 0) is 20.9 Å². The Morgan fingerprint density at radius 3 is 3.04 bits per heavy atom. The van der Waals surface area contributed by atoms with E-state index in [1.807, 2.05) is 24.2 Å². The van der Waals surface area contributed by atoms with Crippen LogP contribution in [0.5, 0.6) is 0 Å². The zero-order valence-electron chi connectivity index (χ0n) is 16.3. The monoisotopic (exact) mass is 370 g/mol. The van der Waals surface area contributed by atoms with Crippen LogP contribution in [0.3, 0.4) is 0 Å². The number of aromatic nitrogens is 1. The summed E-state index contributed by atoms with van der Waals surface area (Å²) < 4.78 is 12.2. The van der Waals surface area contributed by atoms with Gasteiger partial charge in [-0.1, -0.05) is 17.7 Å². The number of pyridine rings is 1. The number of hydrogen-bond donors (Lipinski definition) is 0. The molecule has 1 amide bonds. The predicted molar refractivity (Wildman–Crippen MR) is 103 cm³/mol. The van der Waals surface area contributed by atoms with Crippen molar-refractivity contribution < 1.29 is 14.3 Å². The minimum absolute atomic E-state index is 0.190. The summed E-state index contributed by atoms with van der Waals surface area (Å²) in [5, 5.41) is 0. The largest absolute Gasteiger partial charge is 0.373 e. The zero-order valence-corrected chi connectivity index (χ0v) is 16.3. The van der Waals surface area contributed by atoms with Crippen LogP contribution in [0.1, 0.15) is 56.1 Å². The highest BCUT2D eigenvalue weighted by molar-refractivity contribution is 5.80. The van der Waals surface area contributed by atoms with Gasteiger partial charge < -0.3 is 14.4 Å². The van der Waals surface area contributed by atoms with E-state index in [0.717, 1.165) is 36.8 Å². The molecule has 1 aromatic heterocycles. The third-order valence-corrected chi connectivity index (χ3v) is 5.94. The topological polar surface area (TPSA) is 51.7 Å². The van der Waals surface area contributed by atoms with Gasteiger partial charge in [0, 0.05) is 31.8 Å². The van der Waals surface area contributed by atoms with Crippen molar-refractivity contribution in [3.8, 4) is 0 Å². The molecule has 1 aromatic rings. The summed E-state index contributed by atoms with van der Waals surface area (Å²) in [6.45, 7) is 4.77. The maximum atomic E-state index is 12.5. The SMILES string of the molecule is Cc1cncc(CO[C@@H]2CCOC3(C2)CN(C(=O)CC2=CCCCC2)C3)c1. The van der Waals surface area contributed by atoms with E-state index >= 15 is 0 Å². The van der Waals surface area contributed by atoms with Crippen LogP contribution >= 0.6 is 0 Å². The Morgan fingerprint density at radius 1 is 1.37 bits per heavy atom. The number of nitrogens with zero attached hydrogens (tertiary/aromatic N) is 2. The van der Waals surface area contributed by atoms with Gasteiger partial charge >= 0.3 is 0 Å². The lowest BCUT2D eigenvalue weighted by molar-refractivity contribution is -0.202. The van der Waals surface area contributed by atoms with E-state index < -0.39 is 0 Å². The first-order valence-electron chi connectivity index (χ1n) is 10.2. The first-order chi connectivity index (χ1) is 13.1. The molecule has 1 atom stereocenters. The summed E-state index contributed by atoms with van der Waals surface area (Å²) >= 11 is 0. The molecule has 0 unspecified atom stereocenters. The Kier molecular flexibility index (Phi) is 5.60. The number of amides is 1. The van der Waals surface area contributed by atoms with Crippen molar-refractivity contribution in [2.75, 3.05) is 19.7 Å². The highest BCUT2D eigenvalue weighted by atomic mass is 16.5. The summed E-state index contributed by atoms with van der Waals surface area (Å²) in [7, 11) is 0. The smallest absolute Gasteiger partial charge is 0.226 e. The van der Waals surface area contributed by atoms with E-state index in [1.165, 1.54) is 18.4 Å². The molecule has 5 nitrogen and oxygen atoms in total. The van der Waals surface area contributed by atoms with Gasteiger partial charge in [0.25, 0.3) is 0 Å². The van der Waals surface area contributed by atoms with Gasteiger partial charge in [-0.25, -0.2) is 0 Å². The van der Waals surface area contributed by atoms with E-state index in [9.17, 15) is 4.79 Å².